The van der Waals surface area contributed by atoms with Crippen LogP contribution >= 0.6 is 0 Å². The van der Waals surface area contributed by atoms with Crippen LogP contribution in [0.5, 0.6) is 5.75 Å². The number of aliphatic hydroxyl groups excluding tert-OH is 1. The van der Waals surface area contributed by atoms with Gasteiger partial charge in [-0.05, 0) is 12.1 Å². The molecule has 0 aliphatic carbocycles. The van der Waals surface area contributed by atoms with Gasteiger partial charge in [-0.15, -0.1) is 0 Å². The Kier molecular flexibility index (Phi) is 5.62. The van der Waals surface area contributed by atoms with Crippen molar-refractivity contribution in [1.82, 2.24) is 15.0 Å². The molecule has 1 amide bonds. The van der Waals surface area contributed by atoms with Crippen LogP contribution in [0, 0.1) is 0 Å². The highest BCUT2D eigenvalue weighted by molar-refractivity contribution is 5.76. The van der Waals surface area contributed by atoms with Crippen LogP contribution in [0.25, 0.3) is 11.4 Å². The summed E-state index contributed by atoms with van der Waals surface area (Å²) >= 11 is 0. The molecule has 0 bridgehead atoms. The fourth-order valence-electron chi connectivity index (χ4n) is 2.69. The average molecular weight is 347 g/mol. The number of amides is 1. The van der Waals surface area contributed by atoms with Gasteiger partial charge in [0.25, 0.3) is 0 Å². The number of para-hydroxylation sites is 1. The highest BCUT2D eigenvalue weighted by Crippen LogP contribution is 2.27. The maximum absolute atomic E-state index is 12.3. The topological polar surface area (TPSA) is 97.9 Å². The molecule has 0 saturated carbocycles. The van der Waals surface area contributed by atoms with Gasteiger partial charge in [0, 0.05) is 25.9 Å². The third-order valence-corrected chi connectivity index (χ3v) is 3.97. The fourth-order valence-corrected chi connectivity index (χ4v) is 2.69. The molecule has 8 heteroatoms. The van der Waals surface area contributed by atoms with E-state index in [9.17, 15) is 9.90 Å². The van der Waals surface area contributed by atoms with Crippen molar-refractivity contribution in [3.63, 3.8) is 0 Å². The van der Waals surface area contributed by atoms with Gasteiger partial charge in [0.05, 0.1) is 32.0 Å². The molecule has 8 nitrogen and oxygen atoms in total. The largest absolute Gasteiger partial charge is 0.496 e. The maximum atomic E-state index is 12.3. The normalized spacial score (nSPS) is 18.0. The molecule has 1 N–H and O–H groups in total. The molecule has 25 heavy (non-hydrogen) atoms. The Balaban J connectivity index is 1.61. The van der Waals surface area contributed by atoms with Crippen LogP contribution in [0.1, 0.15) is 12.3 Å². The van der Waals surface area contributed by atoms with Crippen LogP contribution < -0.4 is 4.74 Å². The monoisotopic (exact) mass is 347 g/mol. The van der Waals surface area contributed by atoms with Gasteiger partial charge in [0.1, 0.15) is 5.75 Å². The SMILES string of the molecule is COc1ccccc1-c1noc(CCC(=O)N2CCOCC(O)C2)n1. The maximum Gasteiger partial charge on any atom is 0.227 e. The zero-order valence-corrected chi connectivity index (χ0v) is 14.1. The average Bonchev–Trinajstić information content (AvgIpc) is 3.00. The predicted molar refractivity (Wildman–Crippen MR) is 88.0 cm³/mol. The number of methoxy groups -OCH3 is 1. The predicted octanol–water partition coefficient (Wildman–Crippen LogP) is 0.897. The molecule has 1 aliphatic heterocycles. The van der Waals surface area contributed by atoms with Crippen molar-refractivity contribution in [2.24, 2.45) is 0 Å². The standard InChI is InChI=1S/C17H21N3O5/c1-23-14-5-3-2-4-13(14)17-18-15(25-19-17)6-7-16(22)20-8-9-24-11-12(21)10-20/h2-5,12,21H,6-11H2,1H3. The Hall–Kier alpha value is -2.45. The Bertz CT molecular complexity index is 718. The summed E-state index contributed by atoms with van der Waals surface area (Å²) in [5, 5.41) is 13.7. The van der Waals surface area contributed by atoms with Crippen LogP contribution in [0.2, 0.25) is 0 Å². The van der Waals surface area contributed by atoms with Gasteiger partial charge in [-0.3, -0.25) is 4.79 Å². The second kappa shape index (κ2) is 8.09. The molecule has 0 spiro atoms. The number of carbonyl (C=O) groups excluding carboxylic acids is 1. The molecule has 0 radical (unpaired) electrons. The summed E-state index contributed by atoms with van der Waals surface area (Å²) in [4.78, 5) is 18.2. The quantitative estimate of drug-likeness (QED) is 0.858. The van der Waals surface area contributed by atoms with E-state index < -0.39 is 6.10 Å². The fraction of sp³-hybridized carbons (Fsp3) is 0.471. The number of ether oxygens (including phenoxy) is 2. The highest BCUT2D eigenvalue weighted by Gasteiger charge is 2.21. The molecular weight excluding hydrogens is 326 g/mol. The Morgan fingerprint density at radius 2 is 2.28 bits per heavy atom. The zero-order valence-electron chi connectivity index (χ0n) is 14.1. The van der Waals surface area contributed by atoms with E-state index in [1.807, 2.05) is 24.3 Å². The molecule has 1 aliphatic rings. The van der Waals surface area contributed by atoms with E-state index in [0.717, 1.165) is 5.56 Å². The van der Waals surface area contributed by atoms with Crippen LogP contribution in [0.4, 0.5) is 0 Å². The number of β-amino-alcohol motifs (C(OH)–C–C–N with tert-alkyl or cyclic N) is 1. The summed E-state index contributed by atoms with van der Waals surface area (Å²) in [6.45, 7) is 1.46. The Morgan fingerprint density at radius 1 is 1.44 bits per heavy atom. The van der Waals surface area contributed by atoms with Gasteiger partial charge in [0.15, 0.2) is 0 Å². The van der Waals surface area contributed by atoms with Crippen molar-refractivity contribution in [2.75, 3.05) is 33.4 Å². The summed E-state index contributed by atoms with van der Waals surface area (Å²) in [6.07, 6.45) is -0.0682. The summed E-state index contributed by atoms with van der Waals surface area (Å²) in [5.74, 6) is 1.41. The van der Waals surface area contributed by atoms with Gasteiger partial charge in [0.2, 0.25) is 17.6 Å². The van der Waals surface area contributed by atoms with Gasteiger partial charge in [-0.25, -0.2) is 0 Å². The minimum atomic E-state index is -0.646. The molecular formula is C17H21N3O5. The van der Waals surface area contributed by atoms with Crippen LogP contribution in [0.15, 0.2) is 28.8 Å². The Morgan fingerprint density at radius 3 is 3.12 bits per heavy atom. The van der Waals surface area contributed by atoms with E-state index in [0.29, 0.717) is 37.0 Å². The molecule has 1 fully saturated rings. The first-order chi connectivity index (χ1) is 12.2. The first-order valence-corrected chi connectivity index (χ1v) is 8.17. The first kappa shape index (κ1) is 17.4. The summed E-state index contributed by atoms with van der Waals surface area (Å²) in [5.41, 5.74) is 0.735. The molecule has 1 aromatic heterocycles. The van der Waals surface area contributed by atoms with Crippen molar-refractivity contribution in [2.45, 2.75) is 18.9 Å². The summed E-state index contributed by atoms with van der Waals surface area (Å²) in [6, 6.07) is 7.39. The van der Waals surface area contributed by atoms with E-state index in [1.54, 1.807) is 12.0 Å². The first-order valence-electron chi connectivity index (χ1n) is 8.17. The molecule has 1 unspecified atom stereocenters. The Labute approximate surface area is 145 Å². The van der Waals surface area contributed by atoms with Crippen molar-refractivity contribution in [1.29, 1.82) is 0 Å². The van der Waals surface area contributed by atoms with Crippen LogP contribution in [-0.2, 0) is 16.0 Å². The molecule has 1 saturated heterocycles. The minimum absolute atomic E-state index is 0.0680. The van der Waals surface area contributed by atoms with Gasteiger partial charge < -0.3 is 24.0 Å². The lowest BCUT2D eigenvalue weighted by Gasteiger charge is -2.20. The highest BCUT2D eigenvalue weighted by atomic mass is 16.5. The van der Waals surface area contributed by atoms with E-state index in [4.69, 9.17) is 14.0 Å². The van der Waals surface area contributed by atoms with E-state index in [1.165, 1.54) is 0 Å². The number of nitrogens with zero attached hydrogens (tertiary/aromatic N) is 3. The smallest absolute Gasteiger partial charge is 0.227 e. The number of hydrogen-bond donors (Lipinski definition) is 1. The summed E-state index contributed by atoms with van der Waals surface area (Å²) in [7, 11) is 1.58. The number of rotatable bonds is 5. The molecule has 2 heterocycles. The van der Waals surface area contributed by atoms with Crippen LogP contribution in [0.3, 0.4) is 0 Å². The second-order valence-corrected chi connectivity index (χ2v) is 5.78. The molecule has 1 atom stereocenters. The second-order valence-electron chi connectivity index (χ2n) is 5.78. The summed E-state index contributed by atoms with van der Waals surface area (Å²) < 4.78 is 15.8. The minimum Gasteiger partial charge on any atom is -0.496 e. The number of hydrogen-bond acceptors (Lipinski definition) is 7. The molecule has 2 aromatic rings. The lowest BCUT2D eigenvalue weighted by atomic mass is 10.2. The van der Waals surface area contributed by atoms with Gasteiger partial charge in [-0.2, -0.15) is 4.98 Å². The third-order valence-electron chi connectivity index (χ3n) is 3.97. The van der Waals surface area contributed by atoms with Crippen molar-refractivity contribution < 1.29 is 23.9 Å². The van der Waals surface area contributed by atoms with E-state index >= 15 is 0 Å². The number of aryl methyl sites for hydroxylation is 1. The number of benzene rings is 1. The van der Waals surface area contributed by atoms with E-state index in [-0.39, 0.29) is 25.5 Å². The number of carbonyl (C=O) groups is 1. The van der Waals surface area contributed by atoms with Crippen molar-refractivity contribution in [3.8, 4) is 17.1 Å². The van der Waals surface area contributed by atoms with Crippen molar-refractivity contribution in [3.05, 3.63) is 30.2 Å². The molecule has 3 rings (SSSR count). The van der Waals surface area contributed by atoms with Gasteiger partial charge in [-0.1, -0.05) is 17.3 Å². The molecule has 134 valence electrons. The lowest BCUT2D eigenvalue weighted by molar-refractivity contribution is -0.132. The molecule has 1 aromatic carbocycles. The number of aromatic nitrogens is 2. The van der Waals surface area contributed by atoms with E-state index in [2.05, 4.69) is 10.1 Å². The zero-order chi connectivity index (χ0) is 17.6. The lowest BCUT2D eigenvalue weighted by Crippen LogP contribution is -2.37. The van der Waals surface area contributed by atoms with Crippen molar-refractivity contribution >= 4 is 5.91 Å². The van der Waals surface area contributed by atoms with Crippen LogP contribution in [-0.4, -0.2) is 65.6 Å². The third kappa shape index (κ3) is 4.34. The number of aliphatic hydroxyl groups is 1. The van der Waals surface area contributed by atoms with Gasteiger partial charge >= 0.3 is 0 Å².